The largest absolute Gasteiger partial charge is 0.481 e. The number of aromatic nitrogens is 1. The second-order valence-corrected chi connectivity index (χ2v) is 3.23. The van der Waals surface area contributed by atoms with Crippen molar-refractivity contribution in [3.63, 3.8) is 0 Å². The van der Waals surface area contributed by atoms with Gasteiger partial charge in [-0.1, -0.05) is 12.2 Å². The van der Waals surface area contributed by atoms with Gasteiger partial charge in [-0.2, -0.15) is 0 Å². The fraction of sp³-hybridized carbons (Fsp3) is 0.250. The Morgan fingerprint density at radius 3 is 2.88 bits per heavy atom. The lowest BCUT2D eigenvalue weighted by molar-refractivity contribution is -0.135. The van der Waals surface area contributed by atoms with Gasteiger partial charge in [0.25, 0.3) is 0 Å². The zero-order chi connectivity index (χ0) is 12.7. The summed E-state index contributed by atoms with van der Waals surface area (Å²) in [6, 6.07) is 1.60. The van der Waals surface area contributed by atoms with Gasteiger partial charge in [-0.25, -0.2) is 4.79 Å². The van der Waals surface area contributed by atoms with Gasteiger partial charge in [0.2, 0.25) is 0 Å². The molecule has 0 saturated carbocycles. The van der Waals surface area contributed by atoms with Crippen LogP contribution in [0.3, 0.4) is 0 Å². The van der Waals surface area contributed by atoms with Crippen LogP contribution in [0, 0.1) is 0 Å². The maximum Gasteiger partial charge on any atom is 0.339 e. The molecule has 0 aromatic carbocycles. The molecule has 0 fully saturated rings. The Morgan fingerprint density at radius 2 is 2.24 bits per heavy atom. The molecule has 0 aliphatic rings. The third-order valence-electron chi connectivity index (χ3n) is 1.87. The van der Waals surface area contributed by atoms with Crippen LogP contribution in [-0.4, -0.2) is 28.6 Å². The van der Waals surface area contributed by atoms with Gasteiger partial charge in [-0.05, 0) is 18.6 Å². The van der Waals surface area contributed by atoms with Gasteiger partial charge in [-0.3, -0.25) is 9.78 Å². The first kappa shape index (κ1) is 12.9. The van der Waals surface area contributed by atoms with Crippen molar-refractivity contribution in [1.29, 1.82) is 0 Å². The summed E-state index contributed by atoms with van der Waals surface area (Å²) in [4.78, 5) is 25.6. The van der Waals surface area contributed by atoms with Crippen LogP contribution in [0.1, 0.15) is 29.3 Å². The summed E-state index contributed by atoms with van der Waals surface area (Å²) in [5, 5.41) is 8.46. The summed E-state index contributed by atoms with van der Waals surface area (Å²) in [6.45, 7) is 2.03. The minimum atomic E-state index is -0.907. The molecule has 5 heteroatoms. The summed E-state index contributed by atoms with van der Waals surface area (Å²) in [5.41, 5.74) is 1.01. The van der Waals surface area contributed by atoms with Gasteiger partial charge in [-0.15, -0.1) is 0 Å². The van der Waals surface area contributed by atoms with Crippen molar-refractivity contribution in [2.45, 2.75) is 13.3 Å². The predicted octanol–water partition coefficient (Wildman–Crippen LogP) is 1.75. The minimum absolute atomic E-state index is 0.0658. The summed E-state index contributed by atoms with van der Waals surface area (Å²) in [7, 11) is 0. The Morgan fingerprint density at radius 1 is 1.47 bits per heavy atom. The highest BCUT2D eigenvalue weighted by Crippen LogP contribution is 2.07. The number of pyridine rings is 1. The smallest absolute Gasteiger partial charge is 0.339 e. The molecule has 1 rings (SSSR count). The predicted molar refractivity (Wildman–Crippen MR) is 61.5 cm³/mol. The van der Waals surface area contributed by atoms with Crippen LogP contribution in [-0.2, 0) is 9.53 Å². The molecular formula is C12H13NO4. The Hall–Kier alpha value is -2.17. The number of hydrogen-bond acceptors (Lipinski definition) is 4. The van der Waals surface area contributed by atoms with Gasteiger partial charge >= 0.3 is 11.9 Å². The highest BCUT2D eigenvalue weighted by Gasteiger charge is 2.06. The molecule has 90 valence electrons. The molecule has 1 N–H and O–H groups in total. The van der Waals surface area contributed by atoms with Crippen LogP contribution in [0.4, 0.5) is 0 Å². The summed E-state index contributed by atoms with van der Waals surface area (Å²) in [6.07, 6.45) is 5.98. The molecule has 0 atom stereocenters. The number of carbonyl (C=O) groups excluding carboxylic acids is 1. The summed E-state index contributed by atoms with van der Waals surface area (Å²) >= 11 is 0. The van der Waals surface area contributed by atoms with Crippen molar-refractivity contribution in [1.82, 2.24) is 4.98 Å². The average molecular weight is 235 g/mol. The van der Waals surface area contributed by atoms with Crippen molar-refractivity contribution in [3.8, 4) is 0 Å². The van der Waals surface area contributed by atoms with Crippen LogP contribution in [0.5, 0.6) is 0 Å². The number of hydrogen-bond donors (Lipinski definition) is 1. The number of carbonyl (C=O) groups is 2. The van der Waals surface area contributed by atoms with Gasteiger partial charge in [0.1, 0.15) is 0 Å². The second kappa shape index (κ2) is 6.42. The molecule has 5 nitrogen and oxygen atoms in total. The monoisotopic (exact) mass is 235 g/mol. The number of ether oxygens (including phenoxy) is 1. The van der Waals surface area contributed by atoms with Gasteiger partial charge in [0, 0.05) is 12.4 Å². The fourth-order valence-electron chi connectivity index (χ4n) is 1.17. The van der Waals surface area contributed by atoms with E-state index in [0.29, 0.717) is 17.7 Å². The third kappa shape index (κ3) is 4.46. The first-order valence-electron chi connectivity index (χ1n) is 5.14. The minimum Gasteiger partial charge on any atom is -0.481 e. The SMILES string of the molecule is CCOC(=O)c1cncc(C=CCC(=O)O)c1. The molecule has 0 unspecified atom stereocenters. The van der Waals surface area contributed by atoms with E-state index in [1.807, 2.05) is 0 Å². The van der Waals surface area contributed by atoms with Crippen molar-refractivity contribution >= 4 is 18.0 Å². The van der Waals surface area contributed by atoms with Crippen LogP contribution in [0.15, 0.2) is 24.5 Å². The molecule has 1 aromatic rings. The fourth-order valence-corrected chi connectivity index (χ4v) is 1.17. The van der Waals surface area contributed by atoms with Crippen molar-refractivity contribution in [3.05, 3.63) is 35.7 Å². The molecule has 0 radical (unpaired) electrons. The molecule has 0 amide bonds. The quantitative estimate of drug-likeness (QED) is 0.787. The van der Waals surface area contributed by atoms with Gasteiger partial charge < -0.3 is 9.84 Å². The lowest BCUT2D eigenvalue weighted by Crippen LogP contribution is -2.05. The van der Waals surface area contributed by atoms with E-state index in [2.05, 4.69) is 4.98 Å². The number of carboxylic acids is 1. The van der Waals surface area contributed by atoms with E-state index in [9.17, 15) is 9.59 Å². The van der Waals surface area contributed by atoms with Crippen LogP contribution in [0.2, 0.25) is 0 Å². The summed E-state index contributed by atoms with van der Waals surface area (Å²) < 4.78 is 4.83. The van der Waals surface area contributed by atoms with E-state index in [4.69, 9.17) is 9.84 Å². The highest BCUT2D eigenvalue weighted by atomic mass is 16.5. The molecular weight excluding hydrogens is 222 g/mol. The topological polar surface area (TPSA) is 76.5 Å². The van der Waals surface area contributed by atoms with E-state index < -0.39 is 11.9 Å². The number of carboxylic acid groups (broad SMARTS) is 1. The van der Waals surface area contributed by atoms with Crippen molar-refractivity contribution < 1.29 is 19.4 Å². The van der Waals surface area contributed by atoms with Crippen molar-refractivity contribution in [2.24, 2.45) is 0 Å². The number of esters is 1. The Kier molecular flexibility index (Phi) is 4.87. The molecule has 0 bridgehead atoms. The van der Waals surface area contributed by atoms with E-state index in [1.165, 1.54) is 12.3 Å². The molecule has 1 aromatic heterocycles. The van der Waals surface area contributed by atoms with Crippen LogP contribution in [0.25, 0.3) is 6.08 Å². The highest BCUT2D eigenvalue weighted by molar-refractivity contribution is 5.89. The number of nitrogens with zero attached hydrogens (tertiary/aromatic N) is 1. The van der Waals surface area contributed by atoms with Crippen LogP contribution < -0.4 is 0 Å². The molecule has 17 heavy (non-hydrogen) atoms. The molecule has 0 aliphatic heterocycles. The van der Waals surface area contributed by atoms with E-state index in [1.54, 1.807) is 25.3 Å². The zero-order valence-electron chi connectivity index (χ0n) is 9.42. The Bertz CT molecular complexity index is 440. The Balaban J connectivity index is 2.75. The maximum absolute atomic E-state index is 11.4. The van der Waals surface area contributed by atoms with Crippen LogP contribution >= 0.6 is 0 Å². The normalized spacial score (nSPS) is 10.4. The zero-order valence-corrected chi connectivity index (χ0v) is 9.42. The maximum atomic E-state index is 11.4. The molecule has 0 aliphatic carbocycles. The summed E-state index contributed by atoms with van der Waals surface area (Å²) in [5.74, 6) is -1.34. The van der Waals surface area contributed by atoms with Crippen molar-refractivity contribution in [2.75, 3.05) is 6.61 Å². The van der Waals surface area contributed by atoms with Gasteiger partial charge in [0.05, 0.1) is 18.6 Å². The molecule has 0 saturated heterocycles. The first-order chi connectivity index (χ1) is 8.13. The van der Waals surface area contributed by atoms with E-state index in [0.717, 1.165) is 0 Å². The third-order valence-corrected chi connectivity index (χ3v) is 1.87. The van der Waals surface area contributed by atoms with E-state index in [-0.39, 0.29) is 6.42 Å². The lowest BCUT2D eigenvalue weighted by atomic mass is 10.2. The average Bonchev–Trinajstić information content (AvgIpc) is 2.29. The Labute approximate surface area is 98.7 Å². The number of aliphatic carboxylic acids is 1. The molecule has 0 spiro atoms. The molecule has 1 heterocycles. The first-order valence-corrected chi connectivity index (χ1v) is 5.14. The second-order valence-electron chi connectivity index (χ2n) is 3.23. The lowest BCUT2D eigenvalue weighted by Gasteiger charge is -2.01. The number of rotatable bonds is 5. The standard InChI is InChI=1S/C12H13NO4/c1-2-17-12(16)10-6-9(7-13-8-10)4-3-5-11(14)15/h3-4,6-8H,2,5H2,1H3,(H,14,15). The van der Waals surface area contributed by atoms with E-state index >= 15 is 0 Å². The van der Waals surface area contributed by atoms with Gasteiger partial charge in [0.15, 0.2) is 0 Å².